The van der Waals surface area contributed by atoms with Gasteiger partial charge in [0.1, 0.15) is 13.2 Å². The van der Waals surface area contributed by atoms with Gasteiger partial charge < -0.3 is 25.4 Å². The highest BCUT2D eigenvalue weighted by Crippen LogP contribution is 2.44. The summed E-state index contributed by atoms with van der Waals surface area (Å²) in [7, 11) is 0. The molecule has 2 aromatic rings. The molecule has 0 aromatic heterocycles. The van der Waals surface area contributed by atoms with E-state index in [1.807, 2.05) is 24.3 Å². The van der Waals surface area contributed by atoms with Gasteiger partial charge in [-0.1, -0.05) is 48.5 Å². The molecule has 34 heavy (non-hydrogen) atoms. The van der Waals surface area contributed by atoms with E-state index in [4.69, 9.17) is 14.6 Å². The van der Waals surface area contributed by atoms with Gasteiger partial charge in [-0.3, -0.25) is 4.79 Å². The minimum atomic E-state index is -5.08. The SMILES string of the molecule is O=C(NCC(=O)N1CCNCC1)OCC1c2ccccc2-c2ccccc21.O=C(O)C(F)(F)F. The first-order valence-electron chi connectivity index (χ1n) is 10.6. The number of alkyl halides is 3. The highest BCUT2D eigenvalue weighted by Gasteiger charge is 2.38. The van der Waals surface area contributed by atoms with Crippen LogP contribution in [0.4, 0.5) is 18.0 Å². The quantitative estimate of drug-likeness (QED) is 0.622. The largest absolute Gasteiger partial charge is 0.490 e. The Balaban J connectivity index is 0.000000406. The number of nitrogens with zero attached hydrogens (tertiary/aromatic N) is 1. The molecule has 0 bridgehead atoms. The minimum Gasteiger partial charge on any atom is -0.475 e. The Morgan fingerprint density at radius 1 is 1.00 bits per heavy atom. The molecule has 2 aromatic carbocycles. The number of ether oxygens (including phenoxy) is 1. The van der Waals surface area contributed by atoms with Gasteiger partial charge in [0.25, 0.3) is 0 Å². The summed E-state index contributed by atoms with van der Waals surface area (Å²) in [5.41, 5.74) is 4.72. The van der Waals surface area contributed by atoms with Gasteiger partial charge in [0.05, 0.1) is 0 Å². The Labute approximate surface area is 193 Å². The van der Waals surface area contributed by atoms with Crippen molar-refractivity contribution in [2.45, 2.75) is 12.1 Å². The van der Waals surface area contributed by atoms with E-state index >= 15 is 0 Å². The van der Waals surface area contributed by atoms with Crippen molar-refractivity contribution in [1.29, 1.82) is 0 Å². The molecule has 2 amide bonds. The molecule has 4 rings (SSSR count). The fourth-order valence-corrected chi connectivity index (χ4v) is 3.82. The van der Waals surface area contributed by atoms with Gasteiger partial charge in [-0.15, -0.1) is 0 Å². The van der Waals surface area contributed by atoms with Crippen molar-refractivity contribution in [2.75, 3.05) is 39.3 Å². The third-order valence-electron chi connectivity index (χ3n) is 5.44. The Hall–Kier alpha value is -3.60. The summed E-state index contributed by atoms with van der Waals surface area (Å²) in [5.74, 6) is -2.82. The second-order valence-corrected chi connectivity index (χ2v) is 7.61. The zero-order valence-corrected chi connectivity index (χ0v) is 18.1. The van der Waals surface area contributed by atoms with Crippen LogP contribution in [0.15, 0.2) is 48.5 Å². The number of carbonyl (C=O) groups excluding carboxylic acids is 2. The number of carboxylic acids is 1. The maximum Gasteiger partial charge on any atom is 0.490 e. The third kappa shape index (κ3) is 6.25. The van der Waals surface area contributed by atoms with Crippen LogP contribution < -0.4 is 10.6 Å². The first-order chi connectivity index (χ1) is 16.2. The minimum absolute atomic E-state index is 0.0204. The predicted octanol–water partition coefficient (Wildman–Crippen LogP) is 2.59. The fraction of sp³-hybridized carbons (Fsp3) is 0.348. The summed E-state index contributed by atoms with van der Waals surface area (Å²) < 4.78 is 37.2. The van der Waals surface area contributed by atoms with Crippen LogP contribution in [-0.2, 0) is 14.3 Å². The Kier molecular flexibility index (Phi) is 8.11. The van der Waals surface area contributed by atoms with Crippen LogP contribution in [0.2, 0.25) is 0 Å². The van der Waals surface area contributed by atoms with E-state index in [0.29, 0.717) is 13.1 Å². The molecule has 11 heteroatoms. The van der Waals surface area contributed by atoms with Crippen LogP contribution in [0, 0.1) is 0 Å². The van der Waals surface area contributed by atoms with E-state index in [9.17, 15) is 22.8 Å². The number of halogens is 3. The number of alkyl carbamates (subject to hydrolysis) is 1. The topological polar surface area (TPSA) is 108 Å². The summed E-state index contributed by atoms with van der Waals surface area (Å²) in [4.78, 5) is 34.9. The van der Waals surface area contributed by atoms with Crippen molar-refractivity contribution < 1.29 is 37.4 Å². The van der Waals surface area contributed by atoms with Crippen molar-refractivity contribution in [3.05, 3.63) is 59.7 Å². The number of piperazine rings is 1. The Morgan fingerprint density at radius 3 is 2.00 bits per heavy atom. The average molecular weight is 479 g/mol. The van der Waals surface area contributed by atoms with Gasteiger partial charge in [-0.25, -0.2) is 9.59 Å². The average Bonchev–Trinajstić information content (AvgIpc) is 3.15. The van der Waals surface area contributed by atoms with Crippen LogP contribution in [-0.4, -0.2) is 73.5 Å². The van der Waals surface area contributed by atoms with Crippen LogP contribution in [0.5, 0.6) is 0 Å². The van der Waals surface area contributed by atoms with Gasteiger partial charge in [0.2, 0.25) is 5.91 Å². The van der Waals surface area contributed by atoms with Gasteiger partial charge in [-0.2, -0.15) is 13.2 Å². The van der Waals surface area contributed by atoms with Crippen molar-refractivity contribution >= 4 is 18.0 Å². The number of hydrogen-bond acceptors (Lipinski definition) is 5. The van der Waals surface area contributed by atoms with Crippen molar-refractivity contribution in [3.8, 4) is 11.1 Å². The fourth-order valence-electron chi connectivity index (χ4n) is 3.82. The number of rotatable bonds is 4. The first-order valence-corrected chi connectivity index (χ1v) is 10.6. The zero-order chi connectivity index (χ0) is 24.7. The van der Waals surface area contributed by atoms with Crippen molar-refractivity contribution in [1.82, 2.24) is 15.5 Å². The van der Waals surface area contributed by atoms with E-state index in [0.717, 1.165) is 13.1 Å². The van der Waals surface area contributed by atoms with E-state index in [1.54, 1.807) is 4.90 Å². The molecule has 182 valence electrons. The van der Waals surface area contributed by atoms with Gasteiger partial charge in [0.15, 0.2) is 0 Å². The molecule has 0 unspecified atom stereocenters. The summed E-state index contributed by atoms with van der Waals surface area (Å²) in [6.07, 6.45) is -5.64. The van der Waals surface area contributed by atoms with Crippen molar-refractivity contribution in [2.24, 2.45) is 0 Å². The molecular formula is C23H24F3N3O5. The zero-order valence-electron chi connectivity index (χ0n) is 18.1. The van der Waals surface area contributed by atoms with Crippen LogP contribution in [0.1, 0.15) is 17.0 Å². The number of amides is 2. The Morgan fingerprint density at radius 2 is 1.50 bits per heavy atom. The standard InChI is InChI=1S/C21H23N3O3.C2HF3O2/c25-20(24-11-9-22-10-12-24)13-23-21(26)27-14-19-17-7-3-1-5-15(17)16-6-2-4-8-18(16)19;3-2(4,5)1(6)7/h1-8,19,22H,9-14H2,(H,23,26);(H,6,7). The number of aliphatic carboxylic acids is 1. The maximum absolute atomic E-state index is 12.1. The number of carbonyl (C=O) groups is 3. The van der Waals surface area contributed by atoms with E-state index in [-0.39, 0.29) is 25.0 Å². The second-order valence-electron chi connectivity index (χ2n) is 7.61. The highest BCUT2D eigenvalue weighted by molar-refractivity contribution is 5.82. The maximum atomic E-state index is 12.1. The molecule has 0 radical (unpaired) electrons. The molecule has 2 aliphatic rings. The summed E-state index contributed by atoms with van der Waals surface area (Å²) in [6, 6.07) is 16.4. The number of hydrogen-bond donors (Lipinski definition) is 3. The molecule has 3 N–H and O–H groups in total. The smallest absolute Gasteiger partial charge is 0.475 e. The van der Waals surface area contributed by atoms with E-state index in [1.165, 1.54) is 22.3 Å². The number of benzene rings is 2. The van der Waals surface area contributed by atoms with Gasteiger partial charge >= 0.3 is 18.2 Å². The predicted molar refractivity (Wildman–Crippen MR) is 116 cm³/mol. The Bertz CT molecular complexity index is 993. The number of fused-ring (bicyclic) bond motifs is 3. The molecule has 8 nitrogen and oxygen atoms in total. The normalized spacial score (nSPS) is 14.9. The molecule has 0 atom stereocenters. The first kappa shape index (κ1) is 25.0. The molecule has 1 heterocycles. The monoisotopic (exact) mass is 479 g/mol. The highest BCUT2D eigenvalue weighted by atomic mass is 19.4. The third-order valence-corrected chi connectivity index (χ3v) is 5.44. The summed E-state index contributed by atoms with van der Waals surface area (Å²) in [5, 5.41) is 12.9. The summed E-state index contributed by atoms with van der Waals surface area (Å²) in [6.45, 7) is 3.14. The molecule has 0 saturated carbocycles. The molecule has 1 saturated heterocycles. The van der Waals surface area contributed by atoms with Crippen LogP contribution in [0.3, 0.4) is 0 Å². The number of nitrogens with one attached hydrogen (secondary N) is 2. The lowest BCUT2D eigenvalue weighted by Gasteiger charge is -2.27. The lowest BCUT2D eigenvalue weighted by molar-refractivity contribution is -0.192. The van der Waals surface area contributed by atoms with E-state index in [2.05, 4.69) is 34.9 Å². The summed E-state index contributed by atoms with van der Waals surface area (Å²) >= 11 is 0. The van der Waals surface area contributed by atoms with E-state index < -0.39 is 18.2 Å². The van der Waals surface area contributed by atoms with Gasteiger partial charge in [-0.05, 0) is 22.3 Å². The molecule has 1 aliphatic carbocycles. The van der Waals surface area contributed by atoms with Gasteiger partial charge in [0, 0.05) is 32.1 Å². The lowest BCUT2D eigenvalue weighted by atomic mass is 9.98. The molecule has 1 fully saturated rings. The number of carboxylic acid groups (broad SMARTS) is 1. The lowest BCUT2D eigenvalue weighted by Crippen LogP contribution is -2.49. The molecular weight excluding hydrogens is 455 g/mol. The molecule has 0 spiro atoms. The van der Waals surface area contributed by atoms with Crippen LogP contribution >= 0.6 is 0 Å². The van der Waals surface area contributed by atoms with Crippen molar-refractivity contribution in [3.63, 3.8) is 0 Å². The second kappa shape index (κ2) is 11.0. The van der Waals surface area contributed by atoms with Crippen LogP contribution in [0.25, 0.3) is 11.1 Å². The molecule has 1 aliphatic heterocycles.